The molecule has 9 heteroatoms. The summed E-state index contributed by atoms with van der Waals surface area (Å²) in [4.78, 5) is 21.4. The number of nitrogens with one attached hydrogen (secondary N) is 1. The second kappa shape index (κ2) is 5.95. The van der Waals surface area contributed by atoms with Gasteiger partial charge in [-0.05, 0) is 24.3 Å². The largest absolute Gasteiger partial charge is 0.508 e. The fourth-order valence-electron chi connectivity index (χ4n) is 1.85. The van der Waals surface area contributed by atoms with Gasteiger partial charge in [-0.1, -0.05) is 6.07 Å². The van der Waals surface area contributed by atoms with Gasteiger partial charge < -0.3 is 10.4 Å². The van der Waals surface area contributed by atoms with Crippen molar-refractivity contribution in [2.75, 3.05) is 5.32 Å². The molecule has 0 bridgehead atoms. The van der Waals surface area contributed by atoms with Crippen molar-refractivity contribution < 1.29 is 28.0 Å². The van der Waals surface area contributed by atoms with Crippen LogP contribution in [0.4, 0.5) is 24.5 Å². The van der Waals surface area contributed by atoms with E-state index in [0.29, 0.717) is 12.1 Å². The van der Waals surface area contributed by atoms with Gasteiger partial charge in [0.05, 0.1) is 4.92 Å². The maximum absolute atomic E-state index is 12.9. The van der Waals surface area contributed by atoms with Crippen molar-refractivity contribution in [1.82, 2.24) is 0 Å². The Morgan fingerprint density at radius 1 is 1.17 bits per heavy atom. The average molecular weight is 326 g/mol. The van der Waals surface area contributed by atoms with Crippen molar-refractivity contribution in [3.05, 3.63) is 63.7 Å². The van der Waals surface area contributed by atoms with E-state index < -0.39 is 33.8 Å². The van der Waals surface area contributed by atoms with Gasteiger partial charge in [0.1, 0.15) is 11.3 Å². The number of carbonyl (C=O) groups is 1. The number of halogens is 3. The summed E-state index contributed by atoms with van der Waals surface area (Å²) in [5.74, 6) is -1.03. The second-order valence-corrected chi connectivity index (χ2v) is 4.49. The number of alkyl halides is 3. The molecular formula is C14H9F3N2O4. The highest BCUT2D eigenvalue weighted by Crippen LogP contribution is 2.36. The molecular weight excluding hydrogens is 317 g/mol. The summed E-state index contributed by atoms with van der Waals surface area (Å²) in [7, 11) is 0. The molecule has 0 aliphatic heterocycles. The number of hydrogen-bond acceptors (Lipinski definition) is 4. The second-order valence-electron chi connectivity index (χ2n) is 4.49. The van der Waals surface area contributed by atoms with E-state index in [4.69, 9.17) is 0 Å². The van der Waals surface area contributed by atoms with Crippen LogP contribution in [-0.2, 0) is 6.18 Å². The van der Waals surface area contributed by atoms with Gasteiger partial charge in [0.2, 0.25) is 0 Å². The van der Waals surface area contributed by atoms with E-state index in [9.17, 15) is 33.2 Å². The molecule has 0 aliphatic carbocycles. The number of rotatable bonds is 3. The molecule has 6 nitrogen and oxygen atoms in total. The van der Waals surface area contributed by atoms with Crippen molar-refractivity contribution in [3.63, 3.8) is 0 Å². The van der Waals surface area contributed by atoms with Gasteiger partial charge in [-0.15, -0.1) is 0 Å². The number of nitrogens with zero attached hydrogens (tertiary/aromatic N) is 1. The Morgan fingerprint density at radius 3 is 2.43 bits per heavy atom. The highest BCUT2D eigenvalue weighted by molar-refractivity contribution is 6.04. The summed E-state index contributed by atoms with van der Waals surface area (Å²) in [5, 5.41) is 22.2. The first-order valence-corrected chi connectivity index (χ1v) is 6.14. The van der Waals surface area contributed by atoms with Crippen molar-refractivity contribution in [1.29, 1.82) is 0 Å². The van der Waals surface area contributed by atoms with Gasteiger partial charge in [-0.25, -0.2) is 0 Å². The third kappa shape index (κ3) is 3.76. The minimum atomic E-state index is -4.97. The summed E-state index contributed by atoms with van der Waals surface area (Å²) in [6, 6.07) is 7.37. The lowest BCUT2D eigenvalue weighted by atomic mass is 10.1. The summed E-state index contributed by atoms with van der Waals surface area (Å²) in [6.07, 6.45) is -4.97. The van der Waals surface area contributed by atoms with Crippen LogP contribution in [0.25, 0.3) is 0 Å². The standard InChI is InChI=1S/C14H9F3N2O4/c15-14(16,17)11-6-8(4-5-12(11)19(22)23)13(21)18-9-2-1-3-10(20)7-9/h1-7,20H,(H,18,21). The third-order valence-electron chi connectivity index (χ3n) is 2.86. The fraction of sp³-hybridized carbons (Fsp3) is 0.0714. The van der Waals surface area contributed by atoms with Crippen molar-refractivity contribution >= 4 is 17.3 Å². The molecule has 2 N–H and O–H groups in total. The topological polar surface area (TPSA) is 92.5 Å². The van der Waals surface area contributed by atoms with Gasteiger partial charge in [0.15, 0.2) is 0 Å². The Labute approximate surface area is 127 Å². The summed E-state index contributed by atoms with van der Waals surface area (Å²) >= 11 is 0. The van der Waals surface area contributed by atoms with Gasteiger partial charge in [-0.2, -0.15) is 13.2 Å². The zero-order valence-corrected chi connectivity index (χ0v) is 11.3. The number of phenolic OH excluding ortho intramolecular Hbond substituents is 1. The Kier molecular flexibility index (Phi) is 4.21. The highest BCUT2D eigenvalue weighted by atomic mass is 19.4. The van der Waals surface area contributed by atoms with Gasteiger partial charge in [0.25, 0.3) is 11.6 Å². The number of aromatic hydroxyl groups is 1. The number of nitro groups is 1. The zero-order valence-electron chi connectivity index (χ0n) is 11.3. The molecule has 2 aromatic carbocycles. The first kappa shape index (κ1) is 16.3. The summed E-state index contributed by atoms with van der Waals surface area (Å²) in [5.41, 5.74) is -2.87. The minimum absolute atomic E-state index is 0.137. The molecule has 2 aromatic rings. The smallest absolute Gasteiger partial charge is 0.423 e. The lowest BCUT2D eigenvalue weighted by molar-refractivity contribution is -0.388. The zero-order chi connectivity index (χ0) is 17.2. The van der Waals surface area contributed by atoms with Crippen LogP contribution in [-0.4, -0.2) is 15.9 Å². The van der Waals surface area contributed by atoms with Gasteiger partial charge in [0, 0.05) is 23.4 Å². The van der Waals surface area contributed by atoms with Crippen LogP contribution in [0, 0.1) is 10.1 Å². The number of nitro benzene ring substituents is 1. The SMILES string of the molecule is O=C(Nc1cccc(O)c1)c1ccc([N+](=O)[O-])c(C(F)(F)F)c1. The number of phenols is 1. The molecule has 0 saturated heterocycles. The van der Waals surface area contributed by atoms with Crippen molar-refractivity contribution in [2.24, 2.45) is 0 Å². The predicted molar refractivity (Wildman–Crippen MR) is 74.2 cm³/mol. The van der Waals surface area contributed by atoms with Crippen LogP contribution in [0.15, 0.2) is 42.5 Å². The number of carbonyl (C=O) groups excluding carboxylic acids is 1. The van der Waals surface area contributed by atoms with E-state index >= 15 is 0 Å². The molecule has 0 atom stereocenters. The van der Waals surface area contributed by atoms with E-state index in [1.165, 1.54) is 24.3 Å². The number of amides is 1. The lowest BCUT2D eigenvalue weighted by Crippen LogP contribution is -2.15. The third-order valence-corrected chi connectivity index (χ3v) is 2.86. The van der Waals surface area contributed by atoms with Gasteiger partial charge in [-0.3, -0.25) is 14.9 Å². The minimum Gasteiger partial charge on any atom is -0.508 e. The molecule has 0 spiro atoms. The maximum atomic E-state index is 12.9. The fourth-order valence-corrected chi connectivity index (χ4v) is 1.85. The van der Waals surface area contributed by atoms with Gasteiger partial charge >= 0.3 is 6.18 Å². The van der Waals surface area contributed by atoms with E-state index in [2.05, 4.69) is 5.32 Å². The van der Waals surface area contributed by atoms with Crippen LogP contribution in [0.5, 0.6) is 5.75 Å². The monoisotopic (exact) mass is 326 g/mol. The molecule has 2 rings (SSSR count). The molecule has 1 amide bonds. The molecule has 0 aromatic heterocycles. The quantitative estimate of drug-likeness (QED) is 0.666. The maximum Gasteiger partial charge on any atom is 0.423 e. The van der Waals surface area contributed by atoms with Crippen LogP contribution >= 0.6 is 0 Å². The molecule has 0 aliphatic rings. The van der Waals surface area contributed by atoms with Crippen LogP contribution in [0.2, 0.25) is 0 Å². The Balaban J connectivity index is 2.36. The van der Waals surface area contributed by atoms with E-state index in [-0.39, 0.29) is 11.4 Å². The first-order chi connectivity index (χ1) is 10.7. The van der Waals surface area contributed by atoms with E-state index in [0.717, 1.165) is 6.07 Å². The van der Waals surface area contributed by atoms with Crippen molar-refractivity contribution in [2.45, 2.75) is 6.18 Å². The molecule has 120 valence electrons. The van der Waals surface area contributed by atoms with Crippen molar-refractivity contribution in [3.8, 4) is 5.75 Å². The summed E-state index contributed by atoms with van der Waals surface area (Å²) in [6.45, 7) is 0. The predicted octanol–water partition coefficient (Wildman–Crippen LogP) is 3.57. The lowest BCUT2D eigenvalue weighted by Gasteiger charge is -2.10. The molecule has 0 heterocycles. The highest BCUT2D eigenvalue weighted by Gasteiger charge is 2.38. The van der Waals surface area contributed by atoms with E-state index in [1.54, 1.807) is 0 Å². The molecule has 0 radical (unpaired) electrons. The Hall–Kier alpha value is -3.10. The summed E-state index contributed by atoms with van der Waals surface area (Å²) < 4.78 is 38.6. The van der Waals surface area contributed by atoms with Crippen LogP contribution < -0.4 is 5.32 Å². The first-order valence-electron chi connectivity index (χ1n) is 6.14. The average Bonchev–Trinajstić information content (AvgIpc) is 2.45. The Bertz CT molecular complexity index is 775. The molecule has 0 saturated carbocycles. The van der Waals surface area contributed by atoms with Crippen LogP contribution in [0.1, 0.15) is 15.9 Å². The molecule has 23 heavy (non-hydrogen) atoms. The van der Waals surface area contributed by atoms with E-state index in [1.807, 2.05) is 0 Å². The molecule has 0 fully saturated rings. The molecule has 0 unspecified atom stereocenters. The van der Waals surface area contributed by atoms with Crippen LogP contribution in [0.3, 0.4) is 0 Å². The Morgan fingerprint density at radius 2 is 1.87 bits per heavy atom. The number of anilines is 1. The number of hydrogen-bond donors (Lipinski definition) is 2. The normalized spacial score (nSPS) is 11.1. The number of benzene rings is 2.